The van der Waals surface area contributed by atoms with Crippen LogP contribution in [0.2, 0.25) is 0 Å². The average molecular weight is 401 g/mol. The molecule has 0 radical (unpaired) electrons. The van der Waals surface area contributed by atoms with Crippen LogP contribution in [0.1, 0.15) is 37.0 Å². The van der Waals surface area contributed by atoms with Crippen LogP contribution in [0, 0.1) is 11.7 Å². The van der Waals surface area contributed by atoms with Gasteiger partial charge in [-0.2, -0.15) is 0 Å². The standard InChI is InChI=1S/C18H26BrFN2O2/c1-3-13(4-2)17(22-7-9-24-10-8-22)12-21-18(23)15-11-14(19)5-6-16(15)20/h5-6,11,13,17H,3-4,7-10,12H2,1-2H3,(H,21,23)/t17-/m0/s1. The Hall–Kier alpha value is -0.980. The monoisotopic (exact) mass is 400 g/mol. The summed E-state index contributed by atoms with van der Waals surface area (Å²) in [6.45, 7) is 8.09. The number of halogens is 2. The van der Waals surface area contributed by atoms with E-state index in [0.29, 0.717) is 16.9 Å². The number of ether oxygens (including phenoxy) is 1. The Labute approximate surface area is 151 Å². The molecule has 4 nitrogen and oxygen atoms in total. The zero-order valence-electron chi connectivity index (χ0n) is 14.4. The van der Waals surface area contributed by atoms with E-state index in [9.17, 15) is 9.18 Å². The Balaban J connectivity index is 2.05. The first-order chi connectivity index (χ1) is 11.6. The number of morpholine rings is 1. The minimum absolute atomic E-state index is 0.0784. The SMILES string of the molecule is CCC(CC)[C@H](CNC(=O)c1cc(Br)ccc1F)N1CCOCC1. The molecule has 0 aromatic heterocycles. The number of benzene rings is 1. The van der Waals surface area contributed by atoms with E-state index < -0.39 is 5.82 Å². The summed E-state index contributed by atoms with van der Waals surface area (Å²) in [4.78, 5) is 14.8. The Morgan fingerprint density at radius 3 is 2.62 bits per heavy atom. The Morgan fingerprint density at radius 1 is 1.33 bits per heavy atom. The summed E-state index contributed by atoms with van der Waals surface area (Å²) in [6.07, 6.45) is 2.11. The van der Waals surface area contributed by atoms with Crippen LogP contribution in [0.5, 0.6) is 0 Å². The van der Waals surface area contributed by atoms with E-state index in [2.05, 4.69) is 40.0 Å². The predicted octanol–water partition coefficient (Wildman–Crippen LogP) is 3.46. The van der Waals surface area contributed by atoms with E-state index in [1.165, 1.54) is 12.1 Å². The van der Waals surface area contributed by atoms with Gasteiger partial charge in [0.1, 0.15) is 5.82 Å². The van der Waals surface area contributed by atoms with E-state index in [0.717, 1.165) is 39.1 Å². The molecule has 1 N–H and O–H groups in total. The number of carbonyl (C=O) groups excluding carboxylic acids is 1. The third kappa shape index (κ3) is 5.01. The Bertz CT molecular complexity index is 546. The van der Waals surface area contributed by atoms with Crippen molar-refractivity contribution >= 4 is 21.8 Å². The van der Waals surface area contributed by atoms with Gasteiger partial charge in [-0.3, -0.25) is 9.69 Å². The number of nitrogens with zero attached hydrogens (tertiary/aromatic N) is 1. The molecule has 1 aliphatic rings. The summed E-state index contributed by atoms with van der Waals surface area (Å²) in [5.41, 5.74) is 0.0784. The van der Waals surface area contributed by atoms with Crippen molar-refractivity contribution in [1.29, 1.82) is 0 Å². The van der Waals surface area contributed by atoms with Gasteiger partial charge in [0.25, 0.3) is 5.91 Å². The van der Waals surface area contributed by atoms with Gasteiger partial charge in [0.15, 0.2) is 0 Å². The topological polar surface area (TPSA) is 41.6 Å². The lowest BCUT2D eigenvalue weighted by molar-refractivity contribution is 0.00190. The van der Waals surface area contributed by atoms with Gasteiger partial charge in [0.05, 0.1) is 18.8 Å². The van der Waals surface area contributed by atoms with E-state index >= 15 is 0 Å². The van der Waals surface area contributed by atoms with Crippen LogP contribution < -0.4 is 5.32 Å². The second kappa shape index (κ2) is 9.49. The number of hydrogen-bond acceptors (Lipinski definition) is 3. The number of amides is 1. The second-order valence-corrected chi connectivity index (χ2v) is 7.04. The normalized spacial score (nSPS) is 17.0. The molecule has 0 saturated carbocycles. The number of carbonyl (C=O) groups is 1. The highest BCUT2D eigenvalue weighted by atomic mass is 79.9. The van der Waals surface area contributed by atoms with Crippen molar-refractivity contribution in [3.05, 3.63) is 34.1 Å². The van der Waals surface area contributed by atoms with Crippen molar-refractivity contribution in [3.63, 3.8) is 0 Å². The average Bonchev–Trinajstić information content (AvgIpc) is 2.61. The van der Waals surface area contributed by atoms with Crippen molar-refractivity contribution in [2.75, 3.05) is 32.8 Å². The van der Waals surface area contributed by atoms with Gasteiger partial charge in [0.2, 0.25) is 0 Å². The van der Waals surface area contributed by atoms with Gasteiger partial charge in [-0.25, -0.2) is 4.39 Å². The van der Waals surface area contributed by atoms with Crippen molar-refractivity contribution < 1.29 is 13.9 Å². The van der Waals surface area contributed by atoms with Gasteiger partial charge in [0, 0.05) is 30.1 Å². The molecule has 1 amide bonds. The largest absolute Gasteiger partial charge is 0.379 e. The molecule has 2 rings (SSSR count). The molecule has 1 aromatic rings. The fourth-order valence-electron chi connectivity index (χ4n) is 3.30. The van der Waals surface area contributed by atoms with Crippen LogP contribution in [0.3, 0.4) is 0 Å². The Morgan fingerprint density at radius 2 is 2.00 bits per heavy atom. The maximum absolute atomic E-state index is 13.9. The molecule has 1 fully saturated rings. The van der Waals surface area contributed by atoms with Crippen LogP contribution in [0.15, 0.2) is 22.7 Å². The lowest BCUT2D eigenvalue weighted by Crippen LogP contribution is -2.52. The summed E-state index contributed by atoms with van der Waals surface area (Å²) >= 11 is 3.28. The Kier molecular flexibility index (Phi) is 7.65. The maximum Gasteiger partial charge on any atom is 0.254 e. The van der Waals surface area contributed by atoms with E-state index in [1.54, 1.807) is 6.07 Å². The smallest absolute Gasteiger partial charge is 0.254 e. The maximum atomic E-state index is 13.9. The van der Waals surface area contributed by atoms with Crippen molar-refractivity contribution in [2.24, 2.45) is 5.92 Å². The zero-order valence-corrected chi connectivity index (χ0v) is 15.9. The van der Waals surface area contributed by atoms with Gasteiger partial charge in [-0.15, -0.1) is 0 Å². The van der Waals surface area contributed by atoms with Crippen molar-refractivity contribution in [1.82, 2.24) is 10.2 Å². The first kappa shape index (κ1) is 19.3. The van der Waals surface area contributed by atoms with Gasteiger partial charge < -0.3 is 10.1 Å². The van der Waals surface area contributed by atoms with Gasteiger partial charge in [-0.05, 0) is 24.1 Å². The molecule has 24 heavy (non-hydrogen) atoms. The fourth-order valence-corrected chi connectivity index (χ4v) is 3.66. The summed E-state index contributed by atoms with van der Waals surface area (Å²) in [7, 11) is 0. The van der Waals surface area contributed by atoms with E-state index in [1.807, 2.05) is 0 Å². The van der Waals surface area contributed by atoms with Crippen LogP contribution >= 0.6 is 15.9 Å². The number of nitrogens with one attached hydrogen (secondary N) is 1. The lowest BCUT2D eigenvalue weighted by Gasteiger charge is -2.38. The highest BCUT2D eigenvalue weighted by molar-refractivity contribution is 9.10. The van der Waals surface area contributed by atoms with Crippen LogP contribution in [-0.2, 0) is 4.74 Å². The fraction of sp³-hybridized carbons (Fsp3) is 0.611. The second-order valence-electron chi connectivity index (χ2n) is 6.13. The van der Waals surface area contributed by atoms with Crippen molar-refractivity contribution in [2.45, 2.75) is 32.7 Å². The molecule has 1 atom stereocenters. The zero-order chi connectivity index (χ0) is 17.5. The summed E-state index contributed by atoms with van der Waals surface area (Å²) < 4.78 is 20.0. The highest BCUT2D eigenvalue weighted by Gasteiger charge is 2.27. The predicted molar refractivity (Wildman–Crippen MR) is 96.7 cm³/mol. The molecule has 0 unspecified atom stereocenters. The lowest BCUT2D eigenvalue weighted by atomic mass is 9.92. The van der Waals surface area contributed by atoms with Crippen molar-refractivity contribution in [3.8, 4) is 0 Å². The molecule has 0 bridgehead atoms. The third-order valence-corrected chi connectivity index (χ3v) is 5.25. The summed E-state index contributed by atoms with van der Waals surface area (Å²) in [6, 6.07) is 4.67. The molecule has 1 heterocycles. The van der Waals surface area contributed by atoms with Gasteiger partial charge in [-0.1, -0.05) is 42.6 Å². The minimum Gasteiger partial charge on any atom is -0.379 e. The molecule has 6 heteroatoms. The molecule has 134 valence electrons. The third-order valence-electron chi connectivity index (χ3n) is 4.75. The minimum atomic E-state index is -0.499. The number of hydrogen-bond donors (Lipinski definition) is 1. The molecular weight excluding hydrogens is 375 g/mol. The molecular formula is C18H26BrFN2O2. The van der Waals surface area contributed by atoms with Crippen LogP contribution in [0.25, 0.3) is 0 Å². The molecule has 1 aliphatic heterocycles. The summed E-state index contributed by atoms with van der Waals surface area (Å²) in [5, 5.41) is 2.93. The quantitative estimate of drug-likeness (QED) is 0.761. The summed E-state index contributed by atoms with van der Waals surface area (Å²) in [5.74, 6) is -0.366. The highest BCUT2D eigenvalue weighted by Crippen LogP contribution is 2.20. The van der Waals surface area contributed by atoms with Gasteiger partial charge >= 0.3 is 0 Å². The molecule has 1 saturated heterocycles. The van der Waals surface area contributed by atoms with E-state index in [-0.39, 0.29) is 17.5 Å². The molecule has 0 aliphatic carbocycles. The first-order valence-corrected chi connectivity index (χ1v) is 9.41. The molecule has 1 aromatic carbocycles. The first-order valence-electron chi connectivity index (χ1n) is 8.61. The van der Waals surface area contributed by atoms with Crippen LogP contribution in [-0.4, -0.2) is 49.7 Å². The van der Waals surface area contributed by atoms with Crippen LogP contribution in [0.4, 0.5) is 4.39 Å². The number of rotatable bonds is 7. The molecule has 0 spiro atoms. The van der Waals surface area contributed by atoms with E-state index in [4.69, 9.17) is 4.74 Å².